The fourth-order valence-electron chi connectivity index (χ4n) is 2.93. The van der Waals surface area contributed by atoms with Gasteiger partial charge < -0.3 is 9.88 Å². The molecule has 1 aliphatic rings. The summed E-state index contributed by atoms with van der Waals surface area (Å²) >= 11 is 0. The van der Waals surface area contributed by atoms with Gasteiger partial charge >= 0.3 is 0 Å². The average molecular weight is 341 g/mol. The Bertz CT molecular complexity index is 1080. The molecule has 122 valence electrons. The van der Waals surface area contributed by atoms with Crippen molar-refractivity contribution in [1.29, 1.82) is 0 Å². The molecular weight excluding hydrogens is 326 g/mol. The first-order valence-electron chi connectivity index (χ1n) is 7.43. The second-order valence-corrected chi connectivity index (χ2v) is 7.53. The Kier molecular flexibility index (Phi) is 3.14. The van der Waals surface area contributed by atoms with Crippen LogP contribution in [-0.4, -0.2) is 18.9 Å². The lowest BCUT2D eigenvalue weighted by atomic mass is 10.2. The van der Waals surface area contributed by atoms with Crippen LogP contribution in [0, 0.1) is 0 Å². The summed E-state index contributed by atoms with van der Waals surface area (Å²) in [6.45, 7) is 0. The quantitative estimate of drug-likeness (QED) is 0.768. The predicted octanol–water partition coefficient (Wildman–Crippen LogP) is 2.47. The van der Waals surface area contributed by atoms with E-state index in [0.29, 0.717) is 16.9 Å². The van der Waals surface area contributed by atoms with E-state index in [-0.39, 0.29) is 17.2 Å². The lowest BCUT2D eigenvalue weighted by Crippen LogP contribution is -2.13. The van der Waals surface area contributed by atoms with Gasteiger partial charge in [0, 0.05) is 35.5 Å². The molecule has 2 aromatic carbocycles. The third-order valence-corrected chi connectivity index (χ3v) is 5.53. The minimum Gasteiger partial charge on any atom is -0.351 e. The number of carbonyl (C=O) groups excluding carboxylic acids is 1. The Morgan fingerprint density at radius 1 is 1.12 bits per heavy atom. The minimum atomic E-state index is -3.71. The van der Waals surface area contributed by atoms with Crippen LogP contribution in [0.25, 0.3) is 10.9 Å². The highest BCUT2D eigenvalue weighted by molar-refractivity contribution is 7.92. The van der Waals surface area contributed by atoms with Crippen LogP contribution in [0.15, 0.2) is 53.6 Å². The molecule has 6 nitrogen and oxygen atoms in total. The number of benzene rings is 2. The highest BCUT2D eigenvalue weighted by atomic mass is 32.2. The summed E-state index contributed by atoms with van der Waals surface area (Å²) < 4.78 is 29.8. The molecule has 4 rings (SSSR count). The fourth-order valence-corrected chi connectivity index (χ4v) is 4.03. The smallest absolute Gasteiger partial charge is 0.261 e. The van der Waals surface area contributed by atoms with Gasteiger partial charge in [-0.05, 0) is 48.0 Å². The maximum Gasteiger partial charge on any atom is 0.261 e. The van der Waals surface area contributed by atoms with Crippen LogP contribution in [-0.2, 0) is 28.3 Å². The van der Waals surface area contributed by atoms with Crippen LogP contribution in [0.1, 0.15) is 5.56 Å². The second-order valence-electron chi connectivity index (χ2n) is 5.85. The Morgan fingerprint density at radius 2 is 1.96 bits per heavy atom. The van der Waals surface area contributed by atoms with E-state index in [1.54, 1.807) is 18.2 Å². The van der Waals surface area contributed by atoms with Crippen LogP contribution >= 0.6 is 0 Å². The minimum absolute atomic E-state index is 0.123. The highest BCUT2D eigenvalue weighted by Crippen LogP contribution is 2.27. The van der Waals surface area contributed by atoms with Crippen molar-refractivity contribution >= 4 is 38.2 Å². The summed E-state index contributed by atoms with van der Waals surface area (Å²) in [5.74, 6) is -0.123. The first kappa shape index (κ1) is 14.8. The van der Waals surface area contributed by atoms with Crippen molar-refractivity contribution in [3.8, 4) is 0 Å². The predicted molar refractivity (Wildman–Crippen MR) is 92.5 cm³/mol. The summed E-state index contributed by atoms with van der Waals surface area (Å²) in [6.07, 6.45) is 2.13. The molecule has 0 bridgehead atoms. The molecule has 2 N–H and O–H groups in total. The van der Waals surface area contributed by atoms with Gasteiger partial charge in [0.2, 0.25) is 5.91 Å². The summed E-state index contributed by atoms with van der Waals surface area (Å²) in [6, 6.07) is 12.0. The summed E-state index contributed by atoms with van der Waals surface area (Å²) in [7, 11) is -1.77. The van der Waals surface area contributed by atoms with Crippen LogP contribution in [0.4, 0.5) is 11.4 Å². The van der Waals surface area contributed by atoms with Gasteiger partial charge in [0.25, 0.3) is 10.0 Å². The van der Waals surface area contributed by atoms with Gasteiger partial charge in [0.1, 0.15) is 0 Å². The van der Waals surface area contributed by atoms with Crippen molar-refractivity contribution < 1.29 is 13.2 Å². The monoisotopic (exact) mass is 341 g/mol. The number of anilines is 2. The average Bonchev–Trinajstić information content (AvgIpc) is 3.08. The molecule has 0 aliphatic carbocycles. The zero-order chi connectivity index (χ0) is 16.9. The number of carbonyl (C=O) groups is 1. The van der Waals surface area contributed by atoms with E-state index >= 15 is 0 Å². The molecule has 0 spiro atoms. The number of rotatable bonds is 3. The van der Waals surface area contributed by atoms with Crippen molar-refractivity contribution in [3.63, 3.8) is 0 Å². The van der Waals surface area contributed by atoms with Gasteiger partial charge in [-0.15, -0.1) is 0 Å². The van der Waals surface area contributed by atoms with Crippen LogP contribution in [0.3, 0.4) is 0 Å². The number of nitrogens with zero attached hydrogens (tertiary/aromatic N) is 1. The maximum atomic E-state index is 12.6. The Morgan fingerprint density at radius 3 is 2.79 bits per heavy atom. The molecule has 3 aromatic rings. The van der Waals surface area contributed by atoms with E-state index < -0.39 is 10.0 Å². The first-order chi connectivity index (χ1) is 11.4. The molecule has 1 aliphatic heterocycles. The lowest BCUT2D eigenvalue weighted by molar-refractivity contribution is -0.115. The summed E-state index contributed by atoms with van der Waals surface area (Å²) in [5, 5.41) is 3.65. The number of sulfonamides is 1. The van der Waals surface area contributed by atoms with Gasteiger partial charge in [-0.1, -0.05) is 0 Å². The van der Waals surface area contributed by atoms with Crippen molar-refractivity contribution in [1.82, 2.24) is 4.57 Å². The molecule has 0 radical (unpaired) electrons. The fraction of sp³-hybridized carbons (Fsp3) is 0.118. The third kappa shape index (κ3) is 2.43. The van der Waals surface area contributed by atoms with E-state index in [2.05, 4.69) is 10.0 Å². The molecule has 0 saturated carbocycles. The van der Waals surface area contributed by atoms with Crippen molar-refractivity contribution in [2.45, 2.75) is 11.3 Å². The molecule has 2 heterocycles. The van der Waals surface area contributed by atoms with E-state index in [4.69, 9.17) is 0 Å². The Hall–Kier alpha value is -2.80. The molecule has 0 unspecified atom stereocenters. The van der Waals surface area contributed by atoms with Gasteiger partial charge in [-0.3, -0.25) is 9.52 Å². The Balaban J connectivity index is 1.67. The lowest BCUT2D eigenvalue weighted by Gasteiger charge is -2.10. The number of fused-ring (bicyclic) bond motifs is 2. The SMILES string of the molecule is Cn1ccc2cc(NS(=O)(=O)c3ccc4c(c3)CC(=O)N4)ccc21. The molecule has 0 saturated heterocycles. The standard InChI is InChI=1S/C17H15N3O3S/c1-20-7-6-11-8-13(2-5-16(11)20)19-24(22,23)14-3-4-15-12(9-14)10-17(21)18-15/h2-9,19H,10H2,1H3,(H,18,21). The summed E-state index contributed by atoms with van der Waals surface area (Å²) in [4.78, 5) is 11.5. The maximum absolute atomic E-state index is 12.6. The van der Waals surface area contributed by atoms with E-state index in [1.807, 2.05) is 29.9 Å². The highest BCUT2D eigenvalue weighted by Gasteiger charge is 2.22. The van der Waals surface area contributed by atoms with Gasteiger partial charge in [-0.2, -0.15) is 0 Å². The molecule has 7 heteroatoms. The van der Waals surface area contributed by atoms with Gasteiger partial charge in [0.05, 0.1) is 11.3 Å². The van der Waals surface area contributed by atoms with E-state index in [9.17, 15) is 13.2 Å². The number of hydrogen-bond donors (Lipinski definition) is 2. The van der Waals surface area contributed by atoms with E-state index in [0.717, 1.165) is 10.9 Å². The topological polar surface area (TPSA) is 80.2 Å². The number of hydrogen-bond acceptors (Lipinski definition) is 3. The number of aryl methyl sites for hydroxylation is 1. The molecular formula is C17H15N3O3S. The second kappa shape index (κ2) is 5.10. The van der Waals surface area contributed by atoms with Crippen molar-refractivity contribution in [2.75, 3.05) is 10.0 Å². The van der Waals surface area contributed by atoms with Crippen LogP contribution in [0.5, 0.6) is 0 Å². The molecule has 1 amide bonds. The van der Waals surface area contributed by atoms with Gasteiger partial charge in [0.15, 0.2) is 0 Å². The normalized spacial score (nSPS) is 13.8. The summed E-state index contributed by atoms with van der Waals surface area (Å²) in [5.41, 5.74) is 2.90. The molecule has 24 heavy (non-hydrogen) atoms. The van der Waals surface area contributed by atoms with Crippen LogP contribution < -0.4 is 10.0 Å². The third-order valence-electron chi connectivity index (χ3n) is 4.15. The van der Waals surface area contributed by atoms with Crippen molar-refractivity contribution in [3.05, 3.63) is 54.2 Å². The van der Waals surface area contributed by atoms with Crippen molar-refractivity contribution in [2.24, 2.45) is 7.05 Å². The largest absolute Gasteiger partial charge is 0.351 e. The number of nitrogens with one attached hydrogen (secondary N) is 2. The number of amides is 1. The molecule has 1 aromatic heterocycles. The molecule has 0 fully saturated rings. The first-order valence-corrected chi connectivity index (χ1v) is 8.91. The zero-order valence-corrected chi connectivity index (χ0v) is 13.7. The Labute approximate surface area is 139 Å². The number of aromatic nitrogens is 1. The van der Waals surface area contributed by atoms with E-state index in [1.165, 1.54) is 12.1 Å². The molecule has 0 atom stereocenters. The van der Waals surface area contributed by atoms with Gasteiger partial charge in [-0.25, -0.2) is 8.42 Å². The zero-order valence-electron chi connectivity index (χ0n) is 12.9. The van der Waals surface area contributed by atoms with Crippen LogP contribution in [0.2, 0.25) is 0 Å².